The topological polar surface area (TPSA) is 18.5 Å². The van der Waals surface area contributed by atoms with Crippen molar-refractivity contribution in [1.29, 1.82) is 0 Å². The molecule has 0 saturated carbocycles. The molecule has 0 bridgehead atoms. The lowest BCUT2D eigenvalue weighted by molar-refractivity contribution is 0.297. The zero-order chi connectivity index (χ0) is 12.8. The quantitative estimate of drug-likeness (QED) is 0.797. The van der Waals surface area contributed by atoms with Gasteiger partial charge in [0.1, 0.15) is 0 Å². The Bertz CT molecular complexity index is 492. The lowest BCUT2D eigenvalue weighted by Crippen LogP contribution is -2.02. The fraction of sp³-hybridized carbons (Fsp3) is 0.250. The lowest BCUT2D eigenvalue weighted by Gasteiger charge is -2.11. The molecular weight excluding hydrogens is 224 g/mol. The summed E-state index contributed by atoms with van der Waals surface area (Å²) in [7, 11) is 1.67. The number of benzene rings is 2. The molecular formula is C16H18O2. The van der Waals surface area contributed by atoms with Crippen molar-refractivity contribution in [3.05, 3.63) is 59.7 Å². The van der Waals surface area contributed by atoms with Crippen LogP contribution in [0.25, 0.3) is 0 Å². The third-order valence-electron chi connectivity index (χ3n) is 2.81. The van der Waals surface area contributed by atoms with Crippen molar-refractivity contribution in [2.75, 3.05) is 13.7 Å². The fourth-order valence-electron chi connectivity index (χ4n) is 1.82. The third kappa shape index (κ3) is 3.27. The summed E-state index contributed by atoms with van der Waals surface area (Å²) in [4.78, 5) is 0. The average Bonchev–Trinajstić information content (AvgIpc) is 2.41. The summed E-state index contributed by atoms with van der Waals surface area (Å²) in [6.45, 7) is 2.69. The fourth-order valence-corrected chi connectivity index (χ4v) is 1.82. The third-order valence-corrected chi connectivity index (χ3v) is 2.81. The van der Waals surface area contributed by atoms with Gasteiger partial charge in [0, 0.05) is 6.42 Å². The van der Waals surface area contributed by atoms with Crippen LogP contribution in [0.2, 0.25) is 0 Å². The summed E-state index contributed by atoms with van der Waals surface area (Å²) in [5, 5.41) is 0. The molecule has 0 atom stereocenters. The Morgan fingerprint density at radius 1 is 0.944 bits per heavy atom. The van der Waals surface area contributed by atoms with Gasteiger partial charge in [0.15, 0.2) is 11.5 Å². The predicted molar refractivity (Wildman–Crippen MR) is 73.4 cm³/mol. The monoisotopic (exact) mass is 242 g/mol. The predicted octanol–water partition coefficient (Wildman–Crippen LogP) is 3.63. The first-order valence-corrected chi connectivity index (χ1v) is 6.11. The van der Waals surface area contributed by atoms with Crippen molar-refractivity contribution in [3.8, 4) is 11.5 Å². The molecule has 2 nitrogen and oxygen atoms in total. The smallest absolute Gasteiger partial charge is 0.161 e. The van der Waals surface area contributed by atoms with Crippen LogP contribution in [0, 0.1) is 6.92 Å². The minimum Gasteiger partial charge on any atom is -0.493 e. The Hall–Kier alpha value is -1.96. The SMILES string of the molecule is COc1cc(C)ccc1OCCc1ccccc1. The molecule has 0 saturated heterocycles. The van der Waals surface area contributed by atoms with E-state index in [-0.39, 0.29) is 0 Å². The molecule has 0 unspecified atom stereocenters. The number of aryl methyl sites for hydroxylation is 1. The summed E-state index contributed by atoms with van der Waals surface area (Å²) in [5.74, 6) is 1.60. The van der Waals surface area contributed by atoms with Gasteiger partial charge in [0.05, 0.1) is 13.7 Å². The molecule has 0 fully saturated rings. The Morgan fingerprint density at radius 3 is 2.44 bits per heavy atom. The van der Waals surface area contributed by atoms with Gasteiger partial charge < -0.3 is 9.47 Å². The maximum Gasteiger partial charge on any atom is 0.161 e. The first-order chi connectivity index (χ1) is 8.79. The molecule has 0 aliphatic rings. The zero-order valence-corrected chi connectivity index (χ0v) is 10.8. The van der Waals surface area contributed by atoms with Crippen LogP contribution < -0.4 is 9.47 Å². The van der Waals surface area contributed by atoms with Crippen molar-refractivity contribution >= 4 is 0 Å². The van der Waals surface area contributed by atoms with Gasteiger partial charge in [0.2, 0.25) is 0 Å². The van der Waals surface area contributed by atoms with Crippen LogP contribution in [0.15, 0.2) is 48.5 Å². The van der Waals surface area contributed by atoms with Crippen LogP contribution in [0.5, 0.6) is 11.5 Å². The molecule has 18 heavy (non-hydrogen) atoms. The van der Waals surface area contributed by atoms with E-state index in [1.807, 2.05) is 43.3 Å². The summed E-state index contributed by atoms with van der Waals surface area (Å²) < 4.78 is 11.1. The van der Waals surface area contributed by atoms with E-state index in [4.69, 9.17) is 9.47 Å². The Labute approximate surface area is 108 Å². The van der Waals surface area contributed by atoms with E-state index in [1.54, 1.807) is 7.11 Å². The van der Waals surface area contributed by atoms with Crippen molar-refractivity contribution in [2.24, 2.45) is 0 Å². The maximum absolute atomic E-state index is 5.76. The van der Waals surface area contributed by atoms with Gasteiger partial charge in [-0.1, -0.05) is 36.4 Å². The lowest BCUT2D eigenvalue weighted by atomic mass is 10.2. The molecule has 0 amide bonds. The van der Waals surface area contributed by atoms with E-state index in [1.165, 1.54) is 11.1 Å². The van der Waals surface area contributed by atoms with Crippen molar-refractivity contribution in [2.45, 2.75) is 13.3 Å². The number of hydrogen-bond acceptors (Lipinski definition) is 2. The molecule has 0 heterocycles. The van der Waals surface area contributed by atoms with Crippen LogP contribution in [0.1, 0.15) is 11.1 Å². The van der Waals surface area contributed by atoms with Crippen molar-refractivity contribution in [3.63, 3.8) is 0 Å². The van der Waals surface area contributed by atoms with Crippen LogP contribution in [-0.2, 0) is 6.42 Å². The Balaban J connectivity index is 1.94. The van der Waals surface area contributed by atoms with E-state index in [0.29, 0.717) is 6.61 Å². The highest BCUT2D eigenvalue weighted by molar-refractivity contribution is 5.42. The number of methoxy groups -OCH3 is 1. The maximum atomic E-state index is 5.76. The summed E-state index contributed by atoms with van der Waals surface area (Å²) >= 11 is 0. The second-order valence-corrected chi connectivity index (χ2v) is 4.24. The average molecular weight is 242 g/mol. The molecule has 2 aromatic rings. The van der Waals surface area contributed by atoms with E-state index >= 15 is 0 Å². The molecule has 0 aliphatic heterocycles. The van der Waals surface area contributed by atoms with Gasteiger partial charge >= 0.3 is 0 Å². The van der Waals surface area contributed by atoms with E-state index in [9.17, 15) is 0 Å². The van der Waals surface area contributed by atoms with Gasteiger partial charge in [-0.05, 0) is 30.2 Å². The normalized spacial score (nSPS) is 10.1. The zero-order valence-electron chi connectivity index (χ0n) is 10.8. The molecule has 2 rings (SSSR count). The minimum atomic E-state index is 0.656. The van der Waals surface area contributed by atoms with Crippen LogP contribution in [0.3, 0.4) is 0 Å². The molecule has 0 aliphatic carbocycles. The van der Waals surface area contributed by atoms with Gasteiger partial charge in [-0.15, -0.1) is 0 Å². The molecule has 2 aromatic carbocycles. The molecule has 0 radical (unpaired) electrons. The molecule has 94 valence electrons. The van der Waals surface area contributed by atoms with Crippen LogP contribution >= 0.6 is 0 Å². The summed E-state index contributed by atoms with van der Waals surface area (Å²) in [6, 6.07) is 16.3. The number of hydrogen-bond donors (Lipinski definition) is 0. The summed E-state index contributed by atoms with van der Waals surface area (Å²) in [6.07, 6.45) is 0.901. The minimum absolute atomic E-state index is 0.656. The standard InChI is InChI=1S/C16H18O2/c1-13-8-9-15(16(12-13)17-2)18-11-10-14-6-4-3-5-7-14/h3-9,12H,10-11H2,1-2H3. The Morgan fingerprint density at radius 2 is 1.72 bits per heavy atom. The van der Waals surface area contributed by atoms with E-state index in [0.717, 1.165) is 17.9 Å². The van der Waals surface area contributed by atoms with Gasteiger partial charge in [-0.3, -0.25) is 0 Å². The van der Waals surface area contributed by atoms with Gasteiger partial charge in [-0.25, -0.2) is 0 Å². The summed E-state index contributed by atoms with van der Waals surface area (Å²) in [5.41, 5.74) is 2.45. The van der Waals surface area contributed by atoms with Crippen molar-refractivity contribution in [1.82, 2.24) is 0 Å². The van der Waals surface area contributed by atoms with Crippen LogP contribution in [0.4, 0.5) is 0 Å². The molecule has 0 spiro atoms. The first-order valence-electron chi connectivity index (χ1n) is 6.11. The first kappa shape index (κ1) is 12.5. The van der Waals surface area contributed by atoms with Crippen molar-refractivity contribution < 1.29 is 9.47 Å². The highest BCUT2D eigenvalue weighted by Crippen LogP contribution is 2.27. The number of ether oxygens (including phenoxy) is 2. The highest BCUT2D eigenvalue weighted by atomic mass is 16.5. The largest absolute Gasteiger partial charge is 0.493 e. The second-order valence-electron chi connectivity index (χ2n) is 4.24. The van der Waals surface area contributed by atoms with E-state index < -0.39 is 0 Å². The van der Waals surface area contributed by atoms with Gasteiger partial charge in [-0.2, -0.15) is 0 Å². The number of rotatable bonds is 5. The van der Waals surface area contributed by atoms with Gasteiger partial charge in [0.25, 0.3) is 0 Å². The molecule has 2 heteroatoms. The highest BCUT2D eigenvalue weighted by Gasteiger charge is 2.03. The second kappa shape index (κ2) is 6.10. The molecule has 0 aromatic heterocycles. The Kier molecular flexibility index (Phi) is 4.24. The van der Waals surface area contributed by atoms with E-state index in [2.05, 4.69) is 12.1 Å². The van der Waals surface area contributed by atoms with Crippen LogP contribution in [-0.4, -0.2) is 13.7 Å². The molecule has 0 N–H and O–H groups in total.